The Bertz CT molecular complexity index is 469. The fraction of sp³-hybridized carbons (Fsp3) is 0.333. The highest BCUT2D eigenvalue weighted by atomic mass is 35.7. The molecule has 0 aromatic heterocycles. The Kier molecular flexibility index (Phi) is 2.86. The van der Waals surface area contributed by atoms with Crippen molar-refractivity contribution in [1.29, 1.82) is 0 Å². The molecule has 82 valence electrons. The van der Waals surface area contributed by atoms with Crippen LogP contribution < -0.4 is 4.74 Å². The van der Waals surface area contributed by atoms with Gasteiger partial charge >= 0.3 is 0 Å². The fourth-order valence-corrected chi connectivity index (χ4v) is 2.47. The number of ether oxygens (including phenoxy) is 2. The minimum absolute atomic E-state index is 0.198. The largest absolute Gasteiger partial charge is 0.467 e. The number of rotatable bonds is 2. The summed E-state index contributed by atoms with van der Waals surface area (Å²) >= 11 is 0. The Labute approximate surface area is 92.2 Å². The van der Waals surface area contributed by atoms with Crippen LogP contribution in [0.4, 0.5) is 0 Å². The molecular formula is C9H9ClO4S. The molecule has 0 amide bonds. The number of hydrogen-bond acceptors (Lipinski definition) is 4. The summed E-state index contributed by atoms with van der Waals surface area (Å²) in [6.07, 6.45) is 0. The smallest absolute Gasteiger partial charge is 0.236 e. The van der Waals surface area contributed by atoms with Gasteiger partial charge in [-0.25, -0.2) is 8.42 Å². The van der Waals surface area contributed by atoms with Crippen LogP contribution >= 0.6 is 10.7 Å². The van der Waals surface area contributed by atoms with Crippen LogP contribution in [0.3, 0.4) is 0 Å². The molecule has 0 N–H and O–H groups in total. The molecule has 1 aromatic carbocycles. The molecule has 0 atom stereocenters. The third-order valence-corrected chi connectivity index (χ3v) is 3.09. The van der Waals surface area contributed by atoms with Crippen molar-refractivity contribution in [2.75, 3.05) is 6.79 Å². The topological polar surface area (TPSA) is 52.6 Å². The monoisotopic (exact) mass is 248 g/mol. The summed E-state index contributed by atoms with van der Waals surface area (Å²) in [6, 6.07) is 5.22. The second-order valence-corrected chi connectivity index (χ2v) is 5.96. The minimum atomic E-state index is -3.55. The van der Waals surface area contributed by atoms with E-state index in [0.717, 1.165) is 5.56 Å². The first-order chi connectivity index (χ1) is 7.06. The van der Waals surface area contributed by atoms with E-state index in [0.29, 0.717) is 17.9 Å². The molecule has 15 heavy (non-hydrogen) atoms. The van der Waals surface area contributed by atoms with Crippen molar-refractivity contribution in [1.82, 2.24) is 0 Å². The first kappa shape index (κ1) is 10.7. The van der Waals surface area contributed by atoms with E-state index >= 15 is 0 Å². The van der Waals surface area contributed by atoms with Gasteiger partial charge in [0.25, 0.3) is 0 Å². The van der Waals surface area contributed by atoms with Crippen LogP contribution in [0.5, 0.6) is 5.75 Å². The van der Waals surface area contributed by atoms with Crippen molar-refractivity contribution in [3.05, 3.63) is 29.3 Å². The zero-order valence-electron chi connectivity index (χ0n) is 7.77. The number of fused-ring (bicyclic) bond motifs is 1. The second kappa shape index (κ2) is 4.00. The quantitative estimate of drug-likeness (QED) is 0.747. The molecule has 6 heteroatoms. The molecule has 0 spiro atoms. The summed E-state index contributed by atoms with van der Waals surface area (Å²) < 4.78 is 32.2. The van der Waals surface area contributed by atoms with Crippen molar-refractivity contribution in [3.8, 4) is 5.75 Å². The van der Waals surface area contributed by atoms with Gasteiger partial charge in [-0.1, -0.05) is 12.1 Å². The summed E-state index contributed by atoms with van der Waals surface area (Å²) in [6.45, 7) is 0.558. The van der Waals surface area contributed by atoms with E-state index in [2.05, 4.69) is 0 Å². The van der Waals surface area contributed by atoms with Crippen molar-refractivity contribution in [3.63, 3.8) is 0 Å². The van der Waals surface area contributed by atoms with Gasteiger partial charge in [0.05, 0.1) is 12.4 Å². The van der Waals surface area contributed by atoms with Crippen LogP contribution in [-0.2, 0) is 26.1 Å². The average Bonchev–Trinajstić information content (AvgIpc) is 2.16. The molecule has 0 fully saturated rings. The van der Waals surface area contributed by atoms with E-state index < -0.39 is 9.05 Å². The molecule has 0 saturated carbocycles. The Morgan fingerprint density at radius 1 is 1.40 bits per heavy atom. The van der Waals surface area contributed by atoms with Crippen LogP contribution in [0.1, 0.15) is 11.1 Å². The Morgan fingerprint density at radius 3 is 2.93 bits per heavy atom. The lowest BCUT2D eigenvalue weighted by Crippen LogP contribution is -2.13. The summed E-state index contributed by atoms with van der Waals surface area (Å²) in [5.74, 6) is 0.462. The lowest BCUT2D eigenvalue weighted by molar-refractivity contribution is -0.0167. The summed E-state index contributed by atoms with van der Waals surface area (Å²) in [4.78, 5) is 0. The van der Waals surface area contributed by atoms with E-state index in [1.54, 1.807) is 18.2 Å². The van der Waals surface area contributed by atoms with Crippen molar-refractivity contribution in [2.45, 2.75) is 12.4 Å². The molecule has 1 aromatic rings. The molecule has 0 unspecified atom stereocenters. The molecule has 0 aliphatic carbocycles. The molecule has 0 radical (unpaired) electrons. The molecule has 0 saturated heterocycles. The van der Waals surface area contributed by atoms with Crippen molar-refractivity contribution in [2.24, 2.45) is 0 Å². The lowest BCUT2D eigenvalue weighted by atomic mass is 10.1. The van der Waals surface area contributed by atoms with Gasteiger partial charge in [0.1, 0.15) is 5.75 Å². The van der Waals surface area contributed by atoms with Gasteiger partial charge in [0.2, 0.25) is 9.05 Å². The first-order valence-electron chi connectivity index (χ1n) is 4.30. The molecule has 1 heterocycles. The second-order valence-electron chi connectivity index (χ2n) is 3.19. The summed E-state index contributed by atoms with van der Waals surface area (Å²) in [5.41, 5.74) is 1.38. The van der Waals surface area contributed by atoms with Crippen LogP contribution in [0.25, 0.3) is 0 Å². The van der Waals surface area contributed by atoms with Crippen LogP contribution in [0.15, 0.2) is 18.2 Å². The predicted octanol–water partition coefficient (Wildman–Crippen LogP) is 1.62. The van der Waals surface area contributed by atoms with E-state index in [1.165, 1.54) is 0 Å². The standard InChI is InChI=1S/C9H9ClO4S/c10-15(11,12)5-7-2-1-3-9-8(7)4-13-6-14-9/h1-3H,4-6H2. The Balaban J connectivity index is 2.39. The number of hydrogen-bond donors (Lipinski definition) is 0. The van der Waals surface area contributed by atoms with E-state index in [1.807, 2.05) is 0 Å². The van der Waals surface area contributed by atoms with Crippen LogP contribution in [0, 0.1) is 0 Å². The molecule has 0 bridgehead atoms. The van der Waals surface area contributed by atoms with Crippen molar-refractivity contribution >= 4 is 19.7 Å². The SMILES string of the molecule is O=S(=O)(Cl)Cc1cccc2c1COCO2. The molecule has 1 aliphatic rings. The summed E-state index contributed by atoms with van der Waals surface area (Å²) in [5, 5.41) is 0. The van der Waals surface area contributed by atoms with Gasteiger partial charge in [-0.3, -0.25) is 0 Å². The zero-order chi connectivity index (χ0) is 10.9. The average molecular weight is 249 g/mol. The van der Waals surface area contributed by atoms with Gasteiger partial charge < -0.3 is 9.47 Å². The van der Waals surface area contributed by atoms with Crippen molar-refractivity contribution < 1.29 is 17.9 Å². The number of benzene rings is 1. The first-order valence-corrected chi connectivity index (χ1v) is 6.78. The van der Waals surface area contributed by atoms with Gasteiger partial charge in [-0.05, 0) is 11.6 Å². The molecule has 4 nitrogen and oxygen atoms in total. The zero-order valence-corrected chi connectivity index (χ0v) is 9.35. The van der Waals surface area contributed by atoms with E-state index in [-0.39, 0.29) is 12.5 Å². The minimum Gasteiger partial charge on any atom is -0.467 e. The lowest BCUT2D eigenvalue weighted by Gasteiger charge is -2.19. The molecule has 1 aliphatic heterocycles. The molecular weight excluding hydrogens is 240 g/mol. The highest BCUT2D eigenvalue weighted by Crippen LogP contribution is 2.28. The maximum atomic E-state index is 11.0. The highest BCUT2D eigenvalue weighted by molar-refractivity contribution is 8.13. The van der Waals surface area contributed by atoms with Gasteiger partial charge in [0, 0.05) is 16.2 Å². The highest BCUT2D eigenvalue weighted by Gasteiger charge is 2.17. The number of halogens is 1. The van der Waals surface area contributed by atoms with E-state index in [9.17, 15) is 8.42 Å². The molecule has 2 rings (SSSR count). The third-order valence-electron chi connectivity index (χ3n) is 2.10. The van der Waals surface area contributed by atoms with Gasteiger partial charge in [-0.15, -0.1) is 0 Å². The maximum Gasteiger partial charge on any atom is 0.236 e. The Morgan fingerprint density at radius 2 is 2.20 bits per heavy atom. The van der Waals surface area contributed by atoms with Crippen LogP contribution in [-0.4, -0.2) is 15.2 Å². The van der Waals surface area contributed by atoms with E-state index in [4.69, 9.17) is 20.2 Å². The fourth-order valence-electron chi connectivity index (χ4n) is 1.48. The van der Waals surface area contributed by atoms with Gasteiger partial charge in [-0.2, -0.15) is 0 Å². The Hall–Kier alpha value is -0.780. The maximum absolute atomic E-state index is 11.0. The predicted molar refractivity (Wildman–Crippen MR) is 55.2 cm³/mol. The third kappa shape index (κ3) is 2.62. The van der Waals surface area contributed by atoms with Gasteiger partial charge in [0.15, 0.2) is 6.79 Å². The summed E-state index contributed by atoms with van der Waals surface area (Å²) in [7, 11) is 1.65. The van der Waals surface area contributed by atoms with Crippen LogP contribution in [0.2, 0.25) is 0 Å². The normalized spacial score (nSPS) is 15.5.